The van der Waals surface area contributed by atoms with Crippen molar-refractivity contribution < 1.29 is 5.21 Å². The summed E-state index contributed by atoms with van der Waals surface area (Å²) in [5.41, 5.74) is 0.499. The summed E-state index contributed by atoms with van der Waals surface area (Å²) in [7, 11) is 0. The molecule has 2 heterocycles. The number of fused-ring (bicyclic) bond motifs is 1. The van der Waals surface area contributed by atoms with Crippen molar-refractivity contribution in [2.75, 3.05) is 0 Å². The average Bonchev–Trinajstić information content (AvgIpc) is 2.69. The fraction of sp³-hybridized carbons (Fsp3) is 0.500. The van der Waals surface area contributed by atoms with Crippen LogP contribution in [0.5, 0.6) is 0 Å². The lowest BCUT2D eigenvalue weighted by molar-refractivity contribution is 0.156. The second kappa shape index (κ2) is 3.62. The average molecular weight is 222 g/mol. The third kappa shape index (κ3) is 1.46. The highest BCUT2D eigenvalue weighted by Crippen LogP contribution is 2.18. The summed E-state index contributed by atoms with van der Waals surface area (Å²) in [6.07, 6.45) is 1.40. The van der Waals surface area contributed by atoms with E-state index in [1.54, 1.807) is 6.92 Å². The Hall–Kier alpha value is -1.85. The molecule has 0 atom stereocenters. The molecule has 0 saturated heterocycles. The lowest BCUT2D eigenvalue weighted by Gasteiger charge is -2.15. The number of imidazole rings is 1. The van der Waals surface area contributed by atoms with E-state index in [4.69, 9.17) is 0 Å². The Labute approximate surface area is 92.5 Å². The first-order valence-corrected chi connectivity index (χ1v) is 5.14. The second-order valence-corrected chi connectivity index (χ2v) is 4.23. The summed E-state index contributed by atoms with van der Waals surface area (Å²) < 4.78 is 2.07. The van der Waals surface area contributed by atoms with Gasteiger partial charge in [-0.05, 0) is 12.8 Å². The standard InChI is InChI=1S/C10H14N4O2/c1-6(2)4-13-9-8(11-5-12-9)7(3)14(16)10(13)15/h5-6,16H,4H2,1-3H3. The maximum atomic E-state index is 11.8. The lowest BCUT2D eigenvalue weighted by atomic mass is 10.2. The molecule has 2 aliphatic heterocycles. The van der Waals surface area contributed by atoms with Crippen molar-refractivity contribution in [1.29, 1.82) is 0 Å². The number of aromatic nitrogens is 4. The van der Waals surface area contributed by atoms with E-state index in [1.165, 1.54) is 10.9 Å². The van der Waals surface area contributed by atoms with Crippen LogP contribution >= 0.6 is 0 Å². The smallest absolute Gasteiger partial charge is 0.362 e. The number of nitrogens with zero attached hydrogens (tertiary/aromatic N) is 4. The lowest BCUT2D eigenvalue weighted by Crippen LogP contribution is -2.34. The van der Waals surface area contributed by atoms with Crippen LogP contribution in [0, 0.1) is 12.8 Å². The van der Waals surface area contributed by atoms with E-state index in [2.05, 4.69) is 9.97 Å². The quantitative estimate of drug-likeness (QED) is 0.761. The molecular formula is C10H14N4O2. The van der Waals surface area contributed by atoms with Gasteiger partial charge in [-0.3, -0.25) is 4.57 Å². The van der Waals surface area contributed by atoms with E-state index in [9.17, 15) is 10.0 Å². The van der Waals surface area contributed by atoms with Gasteiger partial charge < -0.3 is 5.21 Å². The molecule has 86 valence electrons. The van der Waals surface area contributed by atoms with Gasteiger partial charge in [0, 0.05) is 6.54 Å². The summed E-state index contributed by atoms with van der Waals surface area (Å²) >= 11 is 0. The maximum Gasteiger partial charge on any atom is 0.362 e. The third-order valence-corrected chi connectivity index (χ3v) is 2.45. The summed E-state index contributed by atoms with van der Waals surface area (Å²) in [6.45, 7) is 6.14. The Bertz CT molecular complexity index is 541. The summed E-state index contributed by atoms with van der Waals surface area (Å²) in [6, 6.07) is 0. The molecule has 6 heteroatoms. The number of hydrogen-bond donors (Lipinski definition) is 1. The minimum Gasteiger partial charge on any atom is -0.424 e. The van der Waals surface area contributed by atoms with E-state index in [1.807, 2.05) is 13.8 Å². The number of rotatable bonds is 2. The summed E-state index contributed by atoms with van der Waals surface area (Å²) in [5, 5.41) is 9.63. The van der Waals surface area contributed by atoms with Crippen LogP contribution in [-0.2, 0) is 6.54 Å². The van der Waals surface area contributed by atoms with Gasteiger partial charge in [0.25, 0.3) is 0 Å². The van der Waals surface area contributed by atoms with Crippen LogP contribution in [-0.4, -0.2) is 24.5 Å². The Morgan fingerprint density at radius 3 is 2.75 bits per heavy atom. The van der Waals surface area contributed by atoms with Crippen molar-refractivity contribution in [1.82, 2.24) is 19.3 Å². The molecule has 0 fully saturated rings. The molecule has 2 aliphatic rings. The first-order chi connectivity index (χ1) is 7.52. The Morgan fingerprint density at radius 1 is 1.44 bits per heavy atom. The van der Waals surface area contributed by atoms with E-state index in [-0.39, 0.29) is 0 Å². The minimum atomic E-state index is -0.473. The fourth-order valence-corrected chi connectivity index (χ4v) is 1.69. The van der Waals surface area contributed by atoms with Crippen molar-refractivity contribution in [3.05, 3.63) is 22.5 Å². The van der Waals surface area contributed by atoms with Crippen LogP contribution in [0.2, 0.25) is 0 Å². The van der Waals surface area contributed by atoms with Crippen LogP contribution in [0.1, 0.15) is 19.5 Å². The third-order valence-electron chi connectivity index (χ3n) is 2.45. The first kappa shape index (κ1) is 10.7. The van der Waals surface area contributed by atoms with Crippen molar-refractivity contribution in [3.8, 4) is 11.5 Å². The largest absolute Gasteiger partial charge is 0.424 e. The van der Waals surface area contributed by atoms with Gasteiger partial charge in [-0.2, -0.15) is 0 Å². The number of hydrogen-bond acceptors (Lipinski definition) is 4. The maximum absolute atomic E-state index is 11.8. The molecule has 16 heavy (non-hydrogen) atoms. The van der Waals surface area contributed by atoms with Crippen LogP contribution in [0.3, 0.4) is 0 Å². The highest BCUT2D eigenvalue weighted by atomic mass is 16.5. The predicted octanol–water partition coefficient (Wildman–Crippen LogP) is 0.746. The van der Waals surface area contributed by atoms with Crippen molar-refractivity contribution in [2.24, 2.45) is 5.92 Å². The summed E-state index contributed by atoms with van der Waals surface area (Å²) in [5.74, 6) is 0.821. The highest BCUT2D eigenvalue weighted by molar-refractivity contribution is 5.53. The molecule has 0 radical (unpaired) electrons. The Morgan fingerprint density at radius 2 is 2.12 bits per heavy atom. The van der Waals surface area contributed by atoms with Crippen molar-refractivity contribution in [3.63, 3.8) is 0 Å². The van der Waals surface area contributed by atoms with Gasteiger partial charge in [-0.15, -0.1) is 4.73 Å². The molecule has 0 aromatic heterocycles. The molecule has 6 nitrogen and oxygen atoms in total. The molecule has 0 amide bonds. The topological polar surface area (TPSA) is 72.9 Å². The van der Waals surface area contributed by atoms with Crippen LogP contribution in [0.25, 0.3) is 11.5 Å². The first-order valence-electron chi connectivity index (χ1n) is 5.14. The molecule has 0 unspecified atom stereocenters. The zero-order chi connectivity index (χ0) is 11.9. The highest BCUT2D eigenvalue weighted by Gasteiger charge is 2.20. The molecule has 1 N–H and O–H groups in total. The van der Waals surface area contributed by atoms with Crippen LogP contribution < -0.4 is 5.69 Å². The van der Waals surface area contributed by atoms with Gasteiger partial charge in [0.05, 0.1) is 5.69 Å². The molecule has 2 rings (SSSR count). The molecule has 0 saturated carbocycles. The normalized spacial score (nSPS) is 11.5. The SMILES string of the molecule is Cc1c2ncnc-2n(CC(C)C)c(=O)n1O. The fourth-order valence-electron chi connectivity index (χ4n) is 1.69. The van der Waals surface area contributed by atoms with E-state index in [0.717, 1.165) is 0 Å². The minimum absolute atomic E-state index is 0.292. The molecule has 0 aromatic rings. The van der Waals surface area contributed by atoms with Gasteiger partial charge in [0.15, 0.2) is 5.82 Å². The van der Waals surface area contributed by atoms with Crippen molar-refractivity contribution >= 4 is 0 Å². The van der Waals surface area contributed by atoms with Gasteiger partial charge in [0.2, 0.25) is 0 Å². The van der Waals surface area contributed by atoms with Crippen LogP contribution in [0.15, 0.2) is 11.1 Å². The van der Waals surface area contributed by atoms with E-state index in [0.29, 0.717) is 34.4 Å². The van der Waals surface area contributed by atoms with Gasteiger partial charge >= 0.3 is 5.69 Å². The van der Waals surface area contributed by atoms with Crippen molar-refractivity contribution in [2.45, 2.75) is 27.3 Å². The zero-order valence-corrected chi connectivity index (χ0v) is 9.51. The van der Waals surface area contributed by atoms with Gasteiger partial charge in [-0.1, -0.05) is 13.8 Å². The monoisotopic (exact) mass is 222 g/mol. The Kier molecular flexibility index (Phi) is 2.41. The molecule has 0 bridgehead atoms. The van der Waals surface area contributed by atoms with Gasteiger partial charge in [0.1, 0.15) is 12.0 Å². The summed E-state index contributed by atoms with van der Waals surface area (Å²) in [4.78, 5) is 19.9. The molecule has 0 aliphatic carbocycles. The van der Waals surface area contributed by atoms with E-state index >= 15 is 0 Å². The molecule has 0 spiro atoms. The van der Waals surface area contributed by atoms with Gasteiger partial charge in [-0.25, -0.2) is 14.8 Å². The van der Waals surface area contributed by atoms with E-state index < -0.39 is 5.69 Å². The Balaban J connectivity index is 2.74. The predicted molar refractivity (Wildman–Crippen MR) is 57.7 cm³/mol. The molecular weight excluding hydrogens is 208 g/mol. The zero-order valence-electron chi connectivity index (χ0n) is 9.51. The second-order valence-electron chi connectivity index (χ2n) is 4.23. The van der Waals surface area contributed by atoms with Crippen LogP contribution in [0.4, 0.5) is 0 Å². The molecule has 0 aromatic carbocycles.